The highest BCUT2D eigenvalue weighted by atomic mass is 32.2. The SMILES string of the molecule is Cc1cc(CCN)cnc1Sc1nncs1. The lowest BCUT2D eigenvalue weighted by atomic mass is 10.2. The molecule has 0 unspecified atom stereocenters. The molecular weight excluding hydrogens is 240 g/mol. The van der Waals surface area contributed by atoms with E-state index in [1.54, 1.807) is 17.3 Å². The van der Waals surface area contributed by atoms with Crippen molar-refractivity contribution in [2.24, 2.45) is 5.73 Å². The number of rotatable bonds is 4. The molecule has 0 bridgehead atoms. The predicted molar refractivity (Wildman–Crippen MR) is 65.8 cm³/mol. The Morgan fingerprint density at radius 2 is 2.38 bits per heavy atom. The van der Waals surface area contributed by atoms with Gasteiger partial charge in [-0.1, -0.05) is 17.4 Å². The molecule has 2 N–H and O–H groups in total. The molecule has 0 radical (unpaired) electrons. The predicted octanol–water partition coefficient (Wildman–Crippen LogP) is 1.89. The monoisotopic (exact) mass is 252 g/mol. The molecule has 2 aromatic rings. The highest BCUT2D eigenvalue weighted by Crippen LogP contribution is 2.29. The second-order valence-electron chi connectivity index (χ2n) is 3.31. The van der Waals surface area contributed by atoms with Crippen LogP contribution in [-0.4, -0.2) is 21.7 Å². The Labute approximate surface area is 102 Å². The molecule has 84 valence electrons. The average Bonchev–Trinajstić information content (AvgIpc) is 2.75. The third-order valence-electron chi connectivity index (χ3n) is 2.04. The van der Waals surface area contributed by atoms with Gasteiger partial charge < -0.3 is 5.73 Å². The first kappa shape index (κ1) is 11.5. The first-order valence-electron chi connectivity index (χ1n) is 4.89. The lowest BCUT2D eigenvalue weighted by molar-refractivity contribution is 0.934. The van der Waals surface area contributed by atoms with Crippen molar-refractivity contribution in [1.82, 2.24) is 15.2 Å². The highest BCUT2D eigenvalue weighted by Gasteiger charge is 2.06. The number of hydrogen-bond acceptors (Lipinski definition) is 6. The Kier molecular flexibility index (Phi) is 3.87. The average molecular weight is 252 g/mol. The summed E-state index contributed by atoms with van der Waals surface area (Å²) in [6.45, 7) is 2.71. The van der Waals surface area contributed by atoms with Gasteiger partial charge in [-0.2, -0.15) is 0 Å². The van der Waals surface area contributed by atoms with Crippen LogP contribution < -0.4 is 5.73 Å². The van der Waals surface area contributed by atoms with Gasteiger partial charge in [0.05, 0.1) is 0 Å². The summed E-state index contributed by atoms with van der Waals surface area (Å²) >= 11 is 3.07. The van der Waals surface area contributed by atoms with E-state index in [9.17, 15) is 0 Å². The third kappa shape index (κ3) is 2.78. The van der Waals surface area contributed by atoms with Crippen molar-refractivity contribution in [1.29, 1.82) is 0 Å². The summed E-state index contributed by atoms with van der Waals surface area (Å²) in [6.07, 6.45) is 2.75. The van der Waals surface area contributed by atoms with Gasteiger partial charge in [-0.25, -0.2) is 4.98 Å². The quantitative estimate of drug-likeness (QED) is 0.900. The van der Waals surface area contributed by atoms with E-state index in [-0.39, 0.29) is 0 Å². The smallest absolute Gasteiger partial charge is 0.180 e. The van der Waals surface area contributed by atoms with Gasteiger partial charge in [0.15, 0.2) is 4.34 Å². The summed E-state index contributed by atoms with van der Waals surface area (Å²) in [5, 5.41) is 8.77. The fraction of sp³-hybridized carbons (Fsp3) is 0.300. The van der Waals surface area contributed by atoms with E-state index in [0.717, 1.165) is 21.3 Å². The van der Waals surface area contributed by atoms with Gasteiger partial charge in [-0.15, -0.1) is 10.2 Å². The van der Waals surface area contributed by atoms with Crippen LogP contribution in [-0.2, 0) is 6.42 Å². The normalized spacial score (nSPS) is 10.6. The van der Waals surface area contributed by atoms with E-state index in [1.165, 1.54) is 16.9 Å². The molecule has 0 fully saturated rings. The third-order valence-corrected chi connectivity index (χ3v) is 3.94. The minimum absolute atomic E-state index is 0.657. The van der Waals surface area contributed by atoms with Crippen LogP contribution in [0.25, 0.3) is 0 Å². The molecule has 2 aromatic heterocycles. The maximum atomic E-state index is 5.51. The second-order valence-corrected chi connectivity index (χ2v) is 5.38. The Morgan fingerprint density at radius 3 is 3.00 bits per heavy atom. The Hall–Kier alpha value is -0.980. The minimum Gasteiger partial charge on any atom is -0.330 e. The molecule has 0 saturated carbocycles. The molecule has 0 aliphatic heterocycles. The topological polar surface area (TPSA) is 64.7 Å². The summed E-state index contributed by atoms with van der Waals surface area (Å²) < 4.78 is 0.919. The van der Waals surface area contributed by atoms with E-state index < -0.39 is 0 Å². The second kappa shape index (κ2) is 5.38. The molecule has 0 saturated heterocycles. The van der Waals surface area contributed by atoms with Crippen LogP contribution in [0, 0.1) is 6.92 Å². The van der Waals surface area contributed by atoms with Crippen LogP contribution in [0.2, 0.25) is 0 Å². The molecule has 2 heterocycles. The van der Waals surface area contributed by atoms with Crippen molar-refractivity contribution in [2.75, 3.05) is 6.54 Å². The Bertz CT molecular complexity index is 456. The van der Waals surface area contributed by atoms with Gasteiger partial charge in [0, 0.05) is 6.20 Å². The molecule has 0 aliphatic carbocycles. The van der Waals surface area contributed by atoms with E-state index in [2.05, 4.69) is 28.2 Å². The summed E-state index contributed by atoms with van der Waals surface area (Å²) in [7, 11) is 0. The van der Waals surface area contributed by atoms with Crippen LogP contribution in [0.5, 0.6) is 0 Å². The van der Waals surface area contributed by atoms with Crippen molar-refractivity contribution in [2.45, 2.75) is 22.7 Å². The number of hydrogen-bond donors (Lipinski definition) is 1. The number of aryl methyl sites for hydroxylation is 1. The van der Waals surface area contributed by atoms with Crippen molar-refractivity contribution in [3.63, 3.8) is 0 Å². The Balaban J connectivity index is 2.16. The molecule has 16 heavy (non-hydrogen) atoms. The van der Waals surface area contributed by atoms with Crippen LogP contribution in [0.3, 0.4) is 0 Å². The lowest BCUT2D eigenvalue weighted by Gasteiger charge is -2.04. The van der Waals surface area contributed by atoms with E-state index in [4.69, 9.17) is 5.73 Å². The largest absolute Gasteiger partial charge is 0.330 e. The number of nitrogens with zero attached hydrogens (tertiary/aromatic N) is 3. The molecule has 2 rings (SSSR count). The minimum atomic E-state index is 0.657. The van der Waals surface area contributed by atoms with Crippen LogP contribution >= 0.6 is 23.1 Å². The standard InChI is InChI=1S/C10H12N4S2/c1-7-4-8(2-3-11)5-12-9(7)16-10-14-13-6-15-10/h4-6H,2-3,11H2,1H3. The van der Waals surface area contributed by atoms with E-state index >= 15 is 0 Å². The highest BCUT2D eigenvalue weighted by molar-refractivity contribution is 8.01. The summed E-state index contributed by atoms with van der Waals surface area (Å²) in [6, 6.07) is 2.13. The zero-order valence-electron chi connectivity index (χ0n) is 8.88. The molecule has 0 amide bonds. The molecule has 4 nitrogen and oxygen atoms in total. The maximum Gasteiger partial charge on any atom is 0.180 e. The van der Waals surface area contributed by atoms with Gasteiger partial charge in [-0.05, 0) is 42.8 Å². The van der Waals surface area contributed by atoms with Crippen LogP contribution in [0.1, 0.15) is 11.1 Å². The van der Waals surface area contributed by atoms with Gasteiger partial charge in [0.25, 0.3) is 0 Å². The fourth-order valence-electron chi connectivity index (χ4n) is 1.32. The first-order valence-corrected chi connectivity index (χ1v) is 6.59. The zero-order chi connectivity index (χ0) is 11.4. The molecular formula is C10H12N4S2. The number of aromatic nitrogens is 3. The fourth-order valence-corrected chi connectivity index (χ4v) is 2.74. The van der Waals surface area contributed by atoms with Crippen molar-refractivity contribution < 1.29 is 0 Å². The van der Waals surface area contributed by atoms with E-state index in [1.807, 2.05) is 6.20 Å². The maximum absolute atomic E-state index is 5.51. The molecule has 0 aromatic carbocycles. The van der Waals surface area contributed by atoms with Crippen molar-refractivity contribution in [3.05, 3.63) is 28.9 Å². The van der Waals surface area contributed by atoms with Gasteiger partial charge in [0.1, 0.15) is 10.5 Å². The van der Waals surface area contributed by atoms with Crippen LogP contribution in [0.15, 0.2) is 27.1 Å². The van der Waals surface area contributed by atoms with Crippen LogP contribution in [0.4, 0.5) is 0 Å². The zero-order valence-corrected chi connectivity index (χ0v) is 10.5. The van der Waals surface area contributed by atoms with Gasteiger partial charge in [-0.3, -0.25) is 0 Å². The summed E-state index contributed by atoms with van der Waals surface area (Å²) in [5.41, 5.74) is 9.57. The Morgan fingerprint density at radius 1 is 1.50 bits per heavy atom. The van der Waals surface area contributed by atoms with Crippen molar-refractivity contribution >= 4 is 23.1 Å². The summed E-state index contributed by atoms with van der Waals surface area (Å²) in [4.78, 5) is 4.42. The number of pyridine rings is 1. The first-order chi connectivity index (χ1) is 7.79. The number of nitrogens with two attached hydrogens (primary N) is 1. The van der Waals surface area contributed by atoms with E-state index in [0.29, 0.717) is 6.54 Å². The molecule has 0 atom stereocenters. The summed E-state index contributed by atoms with van der Waals surface area (Å²) in [5.74, 6) is 0. The molecule has 0 spiro atoms. The van der Waals surface area contributed by atoms with Gasteiger partial charge in [0.2, 0.25) is 0 Å². The van der Waals surface area contributed by atoms with Crippen molar-refractivity contribution in [3.8, 4) is 0 Å². The molecule has 0 aliphatic rings. The van der Waals surface area contributed by atoms with Gasteiger partial charge >= 0.3 is 0 Å². The lowest BCUT2D eigenvalue weighted by Crippen LogP contribution is -2.03. The molecule has 6 heteroatoms.